The maximum absolute atomic E-state index is 12.1. The van der Waals surface area contributed by atoms with Crippen LogP contribution in [0.3, 0.4) is 0 Å². The second-order valence-corrected chi connectivity index (χ2v) is 5.93. The van der Waals surface area contributed by atoms with Crippen molar-refractivity contribution in [2.75, 3.05) is 6.54 Å². The van der Waals surface area contributed by atoms with E-state index in [0.29, 0.717) is 11.3 Å². The fourth-order valence-electron chi connectivity index (χ4n) is 1.89. The van der Waals surface area contributed by atoms with Crippen LogP contribution in [0, 0.1) is 0 Å². The first-order valence-electron chi connectivity index (χ1n) is 6.11. The molecule has 2 aromatic rings. The van der Waals surface area contributed by atoms with Gasteiger partial charge in [0.1, 0.15) is 11.3 Å². The van der Waals surface area contributed by atoms with Gasteiger partial charge in [-0.15, -0.1) is 0 Å². The maximum atomic E-state index is 12.1. The predicted molar refractivity (Wildman–Crippen MR) is 78.2 cm³/mol. The number of amides is 1. The molecule has 20 heavy (non-hydrogen) atoms. The molecule has 2 rings (SSSR count). The lowest BCUT2D eigenvalue weighted by Crippen LogP contribution is -2.39. The van der Waals surface area contributed by atoms with Gasteiger partial charge in [0.05, 0.1) is 12.7 Å². The summed E-state index contributed by atoms with van der Waals surface area (Å²) < 4.78 is 4.17. The number of nitrogens with zero attached hydrogens (tertiary/aromatic N) is 3. The zero-order valence-corrected chi connectivity index (χ0v) is 13.2. The molecule has 0 spiro atoms. The molecule has 0 fully saturated rings. The molecule has 6 nitrogen and oxygen atoms in total. The van der Waals surface area contributed by atoms with Gasteiger partial charge in [0.15, 0.2) is 0 Å². The molecule has 2 aromatic heterocycles. The second kappa shape index (κ2) is 5.41. The molecule has 2 heterocycles. The van der Waals surface area contributed by atoms with Crippen molar-refractivity contribution in [2.45, 2.75) is 12.5 Å². The number of hydrogen-bond donors (Lipinski definition) is 2. The number of nitrogens with one attached hydrogen (secondary N) is 1. The van der Waals surface area contributed by atoms with Crippen molar-refractivity contribution in [1.82, 2.24) is 19.7 Å². The van der Waals surface area contributed by atoms with Gasteiger partial charge in [-0.1, -0.05) is 0 Å². The van der Waals surface area contributed by atoms with Crippen molar-refractivity contribution in [3.63, 3.8) is 0 Å². The lowest BCUT2D eigenvalue weighted by Gasteiger charge is -2.22. The number of hydrogen-bond acceptors (Lipinski definition) is 3. The van der Waals surface area contributed by atoms with Gasteiger partial charge in [-0.3, -0.25) is 9.48 Å². The van der Waals surface area contributed by atoms with Crippen molar-refractivity contribution in [1.29, 1.82) is 0 Å². The molecule has 108 valence electrons. The first kappa shape index (κ1) is 14.8. The van der Waals surface area contributed by atoms with Crippen molar-refractivity contribution in [3.8, 4) is 0 Å². The normalized spacial score (nSPS) is 14.1. The third-order valence-electron chi connectivity index (χ3n) is 3.12. The minimum Gasteiger partial charge on any atom is -0.383 e. The SMILES string of the molecule is Cn1cc([C@](C)(O)CNC(=O)c2cc(Br)cn2C)cn1. The number of aromatic nitrogens is 3. The van der Waals surface area contributed by atoms with E-state index in [2.05, 4.69) is 26.3 Å². The Morgan fingerprint density at radius 3 is 2.70 bits per heavy atom. The van der Waals surface area contributed by atoms with Crippen LogP contribution in [0.2, 0.25) is 0 Å². The highest BCUT2D eigenvalue weighted by Crippen LogP contribution is 2.19. The number of rotatable bonds is 4. The molecule has 0 saturated carbocycles. The number of halogens is 1. The molecule has 0 bridgehead atoms. The molecule has 1 atom stereocenters. The summed E-state index contributed by atoms with van der Waals surface area (Å²) in [4.78, 5) is 12.1. The van der Waals surface area contributed by atoms with Crippen molar-refractivity contribution < 1.29 is 9.90 Å². The third kappa shape index (κ3) is 3.10. The van der Waals surface area contributed by atoms with E-state index in [9.17, 15) is 9.90 Å². The smallest absolute Gasteiger partial charge is 0.268 e. The topological polar surface area (TPSA) is 72.1 Å². The highest BCUT2D eigenvalue weighted by Gasteiger charge is 2.26. The van der Waals surface area contributed by atoms with Crippen LogP contribution < -0.4 is 5.32 Å². The Bertz CT molecular complexity index is 630. The highest BCUT2D eigenvalue weighted by molar-refractivity contribution is 9.10. The highest BCUT2D eigenvalue weighted by atomic mass is 79.9. The zero-order chi connectivity index (χ0) is 14.9. The molecular formula is C13H17BrN4O2. The first-order chi connectivity index (χ1) is 9.29. The van der Waals surface area contributed by atoms with E-state index < -0.39 is 5.60 Å². The van der Waals surface area contributed by atoms with Gasteiger partial charge in [0.2, 0.25) is 0 Å². The van der Waals surface area contributed by atoms with E-state index in [4.69, 9.17) is 0 Å². The van der Waals surface area contributed by atoms with Gasteiger partial charge in [0, 0.05) is 36.5 Å². The van der Waals surface area contributed by atoms with Gasteiger partial charge in [-0.05, 0) is 28.9 Å². The van der Waals surface area contributed by atoms with Gasteiger partial charge < -0.3 is 15.0 Å². The summed E-state index contributed by atoms with van der Waals surface area (Å²) in [6, 6.07) is 1.73. The molecule has 0 saturated heterocycles. The molecular weight excluding hydrogens is 324 g/mol. The molecule has 0 radical (unpaired) electrons. The minimum atomic E-state index is -1.16. The van der Waals surface area contributed by atoms with E-state index in [0.717, 1.165) is 4.47 Å². The monoisotopic (exact) mass is 340 g/mol. The van der Waals surface area contributed by atoms with Crippen LogP contribution in [0.25, 0.3) is 0 Å². The average Bonchev–Trinajstić information content (AvgIpc) is 2.93. The minimum absolute atomic E-state index is 0.111. The van der Waals surface area contributed by atoms with Crippen LogP contribution in [0.15, 0.2) is 29.1 Å². The van der Waals surface area contributed by atoms with E-state index in [-0.39, 0.29) is 12.5 Å². The summed E-state index contributed by atoms with van der Waals surface area (Å²) in [6.45, 7) is 1.76. The summed E-state index contributed by atoms with van der Waals surface area (Å²) in [5, 5.41) is 17.1. The Morgan fingerprint density at radius 1 is 1.50 bits per heavy atom. The lowest BCUT2D eigenvalue weighted by molar-refractivity contribution is 0.0523. The van der Waals surface area contributed by atoms with Gasteiger partial charge in [0.25, 0.3) is 5.91 Å². The Kier molecular flexibility index (Phi) is 4.01. The van der Waals surface area contributed by atoms with E-state index in [1.807, 2.05) is 0 Å². The Morgan fingerprint density at radius 2 is 2.20 bits per heavy atom. The van der Waals surface area contributed by atoms with Gasteiger partial charge in [-0.2, -0.15) is 5.10 Å². The van der Waals surface area contributed by atoms with Crippen molar-refractivity contribution in [2.24, 2.45) is 14.1 Å². The molecule has 0 aliphatic rings. The number of carbonyl (C=O) groups is 1. The molecule has 1 amide bonds. The summed E-state index contributed by atoms with van der Waals surface area (Å²) >= 11 is 3.32. The number of aryl methyl sites for hydroxylation is 2. The quantitative estimate of drug-likeness (QED) is 0.877. The largest absolute Gasteiger partial charge is 0.383 e. The summed E-state index contributed by atoms with van der Waals surface area (Å²) in [7, 11) is 3.57. The van der Waals surface area contributed by atoms with Gasteiger partial charge in [-0.25, -0.2) is 0 Å². The Balaban J connectivity index is 2.04. The van der Waals surface area contributed by atoms with Crippen molar-refractivity contribution >= 4 is 21.8 Å². The molecule has 0 aliphatic heterocycles. The Labute approximate surface area is 125 Å². The number of carbonyl (C=O) groups excluding carboxylic acids is 1. The lowest BCUT2D eigenvalue weighted by atomic mass is 10.00. The fraction of sp³-hybridized carbons (Fsp3) is 0.385. The van der Waals surface area contributed by atoms with Crippen LogP contribution >= 0.6 is 15.9 Å². The van der Waals surface area contributed by atoms with E-state index >= 15 is 0 Å². The Hall–Kier alpha value is -1.60. The van der Waals surface area contributed by atoms with E-state index in [1.54, 1.807) is 54.9 Å². The summed E-state index contributed by atoms with van der Waals surface area (Å²) in [6.07, 6.45) is 5.12. The first-order valence-corrected chi connectivity index (χ1v) is 6.90. The van der Waals surface area contributed by atoms with Gasteiger partial charge >= 0.3 is 0 Å². The second-order valence-electron chi connectivity index (χ2n) is 5.01. The van der Waals surface area contributed by atoms with Crippen LogP contribution in [-0.4, -0.2) is 31.9 Å². The molecule has 7 heteroatoms. The van der Waals surface area contributed by atoms with E-state index in [1.165, 1.54) is 0 Å². The maximum Gasteiger partial charge on any atom is 0.268 e. The fourth-order valence-corrected chi connectivity index (χ4v) is 2.42. The summed E-state index contributed by atoms with van der Waals surface area (Å²) in [5.41, 5.74) is 0.0268. The van der Waals surface area contributed by atoms with Crippen molar-refractivity contribution in [3.05, 3.63) is 40.4 Å². The zero-order valence-electron chi connectivity index (χ0n) is 11.6. The van der Waals surface area contributed by atoms with Crippen LogP contribution in [-0.2, 0) is 19.7 Å². The molecule has 0 aliphatic carbocycles. The van der Waals surface area contributed by atoms with Crippen LogP contribution in [0.5, 0.6) is 0 Å². The molecule has 0 unspecified atom stereocenters. The average molecular weight is 341 g/mol. The standard InChI is InChI=1S/C13H17BrN4O2/c1-13(20,9-5-16-18(3)6-9)8-15-12(19)11-4-10(14)7-17(11)2/h4-7,20H,8H2,1-3H3,(H,15,19)/t13-/m1/s1. The van der Waals surface area contributed by atoms with Crippen LogP contribution in [0.1, 0.15) is 23.0 Å². The summed E-state index contributed by atoms with van der Waals surface area (Å²) in [5.74, 6) is -0.234. The third-order valence-corrected chi connectivity index (χ3v) is 3.56. The number of aliphatic hydroxyl groups is 1. The van der Waals surface area contributed by atoms with Crippen LogP contribution in [0.4, 0.5) is 0 Å². The molecule has 0 aromatic carbocycles. The predicted octanol–water partition coefficient (Wildman–Crippen LogP) is 1.16. The molecule has 2 N–H and O–H groups in total.